The van der Waals surface area contributed by atoms with E-state index in [0.717, 1.165) is 18.2 Å². The molecule has 0 amide bonds. The predicted octanol–water partition coefficient (Wildman–Crippen LogP) is 1.92. The Balaban J connectivity index is 1.98. The summed E-state index contributed by atoms with van der Waals surface area (Å²) < 4.78 is 2.09. The lowest BCUT2D eigenvalue weighted by Crippen LogP contribution is -2.17. The molecule has 1 aliphatic heterocycles. The normalized spacial score (nSPS) is 18.6. The molecule has 14 heavy (non-hydrogen) atoms. The van der Waals surface area contributed by atoms with Gasteiger partial charge in [0, 0.05) is 12.7 Å². The Morgan fingerprint density at radius 3 is 2.86 bits per heavy atom. The fourth-order valence-corrected chi connectivity index (χ4v) is 3.12. The van der Waals surface area contributed by atoms with Crippen LogP contribution in [0.2, 0.25) is 0 Å². The number of hydrogen-bond donors (Lipinski definition) is 1. The molecule has 0 spiro atoms. The third-order valence-corrected chi connectivity index (χ3v) is 3.77. The van der Waals surface area contributed by atoms with Crippen LogP contribution in [0.5, 0.6) is 0 Å². The minimum atomic E-state index is 0.667. The molecule has 2 N–H and O–H groups in total. The molecule has 0 radical (unpaired) electrons. The van der Waals surface area contributed by atoms with Crippen LogP contribution in [0.25, 0.3) is 0 Å². The number of imidazole rings is 1. The molecule has 0 unspecified atom stereocenters. The fraction of sp³-hybridized carbons (Fsp3) is 0.700. The summed E-state index contributed by atoms with van der Waals surface area (Å²) in [6, 6.07) is 0. The Hall–Kier alpha value is -0.640. The maximum Gasteiger partial charge on any atom is 0.200 e. The first-order chi connectivity index (χ1) is 6.75. The zero-order valence-electron chi connectivity index (χ0n) is 8.57. The first-order valence-electron chi connectivity index (χ1n) is 5.12. The maximum absolute atomic E-state index is 5.81. The van der Waals surface area contributed by atoms with Crippen LogP contribution in [-0.2, 0) is 6.54 Å². The summed E-state index contributed by atoms with van der Waals surface area (Å²) in [6.45, 7) is 3.04. The van der Waals surface area contributed by atoms with Crippen LogP contribution in [0.1, 0.15) is 18.5 Å². The van der Waals surface area contributed by atoms with Gasteiger partial charge in [0.2, 0.25) is 0 Å². The number of aromatic nitrogens is 2. The number of thioether (sulfide) groups is 1. The van der Waals surface area contributed by atoms with Gasteiger partial charge in [-0.25, -0.2) is 4.98 Å². The van der Waals surface area contributed by atoms with Gasteiger partial charge in [0.1, 0.15) is 0 Å². The minimum Gasteiger partial charge on any atom is -0.369 e. The van der Waals surface area contributed by atoms with Crippen molar-refractivity contribution in [3.05, 3.63) is 11.9 Å². The predicted molar refractivity (Wildman–Crippen MR) is 61.4 cm³/mol. The second-order valence-electron chi connectivity index (χ2n) is 3.95. The van der Waals surface area contributed by atoms with Gasteiger partial charge in [-0.15, -0.1) is 0 Å². The SMILES string of the molecule is Cc1cn(CC2CCSCC2)c(N)n1. The first kappa shape index (κ1) is 9.90. The molecule has 2 rings (SSSR count). The van der Waals surface area contributed by atoms with Gasteiger partial charge in [0.15, 0.2) is 5.95 Å². The van der Waals surface area contributed by atoms with E-state index in [0.29, 0.717) is 5.95 Å². The van der Waals surface area contributed by atoms with Gasteiger partial charge in [-0.3, -0.25) is 0 Å². The van der Waals surface area contributed by atoms with E-state index in [1.54, 1.807) is 0 Å². The van der Waals surface area contributed by atoms with Crippen molar-refractivity contribution in [1.29, 1.82) is 0 Å². The summed E-state index contributed by atoms with van der Waals surface area (Å²) in [5.74, 6) is 4.07. The van der Waals surface area contributed by atoms with Crippen LogP contribution in [0.15, 0.2) is 6.20 Å². The zero-order chi connectivity index (χ0) is 9.97. The largest absolute Gasteiger partial charge is 0.369 e. The highest BCUT2D eigenvalue weighted by molar-refractivity contribution is 7.99. The van der Waals surface area contributed by atoms with Crippen molar-refractivity contribution in [3.63, 3.8) is 0 Å². The molecule has 1 fully saturated rings. The van der Waals surface area contributed by atoms with Crippen LogP contribution in [0, 0.1) is 12.8 Å². The Kier molecular flexibility index (Phi) is 3.01. The lowest BCUT2D eigenvalue weighted by atomic mass is 10.0. The number of aryl methyl sites for hydroxylation is 1. The highest BCUT2D eigenvalue weighted by Gasteiger charge is 2.15. The monoisotopic (exact) mass is 211 g/mol. The van der Waals surface area contributed by atoms with E-state index in [9.17, 15) is 0 Å². The van der Waals surface area contributed by atoms with Crippen LogP contribution >= 0.6 is 11.8 Å². The summed E-state index contributed by atoms with van der Waals surface area (Å²) in [5.41, 5.74) is 6.83. The number of rotatable bonds is 2. The highest BCUT2D eigenvalue weighted by Crippen LogP contribution is 2.24. The summed E-state index contributed by atoms with van der Waals surface area (Å²) >= 11 is 2.06. The van der Waals surface area contributed by atoms with Gasteiger partial charge in [-0.1, -0.05) is 0 Å². The van der Waals surface area contributed by atoms with E-state index in [-0.39, 0.29) is 0 Å². The second kappa shape index (κ2) is 4.26. The average Bonchev–Trinajstić information content (AvgIpc) is 2.47. The number of anilines is 1. The van der Waals surface area contributed by atoms with E-state index < -0.39 is 0 Å². The smallest absolute Gasteiger partial charge is 0.200 e. The molecular formula is C10H17N3S. The van der Waals surface area contributed by atoms with Crippen LogP contribution < -0.4 is 5.73 Å². The zero-order valence-corrected chi connectivity index (χ0v) is 9.39. The van der Waals surface area contributed by atoms with E-state index in [1.807, 2.05) is 6.92 Å². The van der Waals surface area contributed by atoms with E-state index >= 15 is 0 Å². The number of nitrogens with two attached hydrogens (primary N) is 1. The van der Waals surface area contributed by atoms with E-state index in [1.165, 1.54) is 24.3 Å². The quantitative estimate of drug-likeness (QED) is 0.812. The van der Waals surface area contributed by atoms with Gasteiger partial charge in [-0.05, 0) is 37.2 Å². The van der Waals surface area contributed by atoms with Gasteiger partial charge >= 0.3 is 0 Å². The lowest BCUT2D eigenvalue weighted by Gasteiger charge is -2.21. The molecule has 1 aliphatic rings. The summed E-state index contributed by atoms with van der Waals surface area (Å²) in [7, 11) is 0. The number of nitrogens with zero attached hydrogens (tertiary/aromatic N) is 2. The Morgan fingerprint density at radius 2 is 2.29 bits per heavy atom. The highest BCUT2D eigenvalue weighted by atomic mass is 32.2. The van der Waals surface area contributed by atoms with Gasteiger partial charge in [0.05, 0.1) is 5.69 Å². The standard InChI is InChI=1S/C10H17N3S/c1-8-6-13(10(11)12-8)7-9-2-4-14-5-3-9/h6,9H,2-5,7H2,1H3,(H2,11,12). The van der Waals surface area contributed by atoms with E-state index in [4.69, 9.17) is 5.73 Å². The van der Waals surface area contributed by atoms with Crippen LogP contribution in [-0.4, -0.2) is 21.1 Å². The maximum atomic E-state index is 5.81. The molecule has 3 nitrogen and oxygen atoms in total. The van der Waals surface area contributed by atoms with Gasteiger partial charge in [-0.2, -0.15) is 11.8 Å². The van der Waals surface area contributed by atoms with Crippen molar-refractivity contribution < 1.29 is 0 Å². The van der Waals surface area contributed by atoms with Gasteiger partial charge < -0.3 is 10.3 Å². The minimum absolute atomic E-state index is 0.667. The van der Waals surface area contributed by atoms with Crippen molar-refractivity contribution in [2.75, 3.05) is 17.2 Å². The Bertz CT molecular complexity index is 302. The van der Waals surface area contributed by atoms with Gasteiger partial charge in [0.25, 0.3) is 0 Å². The summed E-state index contributed by atoms with van der Waals surface area (Å²) in [5, 5.41) is 0. The summed E-state index contributed by atoms with van der Waals surface area (Å²) in [6.07, 6.45) is 4.69. The number of hydrogen-bond acceptors (Lipinski definition) is 3. The molecule has 1 aromatic heterocycles. The van der Waals surface area contributed by atoms with Crippen molar-refractivity contribution in [2.45, 2.75) is 26.3 Å². The number of nitrogen functional groups attached to an aromatic ring is 1. The molecule has 0 aromatic carbocycles. The van der Waals surface area contributed by atoms with Crippen LogP contribution in [0.3, 0.4) is 0 Å². The Labute approximate surface area is 89.1 Å². The van der Waals surface area contributed by atoms with Crippen molar-refractivity contribution in [2.24, 2.45) is 5.92 Å². The molecule has 0 atom stereocenters. The summed E-state index contributed by atoms with van der Waals surface area (Å²) in [4.78, 5) is 4.21. The first-order valence-corrected chi connectivity index (χ1v) is 6.28. The van der Waals surface area contributed by atoms with Crippen molar-refractivity contribution in [3.8, 4) is 0 Å². The average molecular weight is 211 g/mol. The lowest BCUT2D eigenvalue weighted by molar-refractivity contribution is 0.419. The molecule has 2 heterocycles. The molecule has 0 bridgehead atoms. The van der Waals surface area contributed by atoms with Crippen molar-refractivity contribution >= 4 is 17.7 Å². The molecule has 0 aliphatic carbocycles. The molecular weight excluding hydrogens is 194 g/mol. The molecule has 78 valence electrons. The third-order valence-electron chi connectivity index (χ3n) is 2.72. The van der Waals surface area contributed by atoms with Crippen LogP contribution in [0.4, 0.5) is 5.95 Å². The molecule has 4 heteroatoms. The van der Waals surface area contributed by atoms with E-state index in [2.05, 4.69) is 27.5 Å². The molecule has 1 aromatic rings. The molecule has 1 saturated heterocycles. The molecule has 0 saturated carbocycles. The van der Waals surface area contributed by atoms with Crippen molar-refractivity contribution in [1.82, 2.24) is 9.55 Å². The topological polar surface area (TPSA) is 43.8 Å². The second-order valence-corrected chi connectivity index (χ2v) is 5.17. The Morgan fingerprint density at radius 1 is 1.57 bits per heavy atom. The third kappa shape index (κ3) is 2.23. The fourth-order valence-electron chi connectivity index (χ4n) is 1.92.